The number of fused-ring (bicyclic) bond motifs is 4. The third kappa shape index (κ3) is 3.99. The molecule has 1 amide bonds. The number of piperidine rings is 1. The zero-order valence-electron chi connectivity index (χ0n) is 22.3. The van der Waals surface area contributed by atoms with E-state index in [1.54, 1.807) is 21.6 Å². The van der Waals surface area contributed by atoms with Crippen LogP contribution in [0.4, 0.5) is 4.79 Å². The molecular weight excluding hydrogens is 484 g/mol. The number of carbonyl (C=O) groups is 1. The average Bonchev–Trinajstić information content (AvgIpc) is 3.36. The van der Waals surface area contributed by atoms with Crippen molar-refractivity contribution in [3.05, 3.63) is 46.6 Å². The number of nitrogens with zero attached hydrogens (tertiary/aromatic N) is 6. The Morgan fingerprint density at radius 3 is 2.55 bits per heavy atom. The zero-order valence-corrected chi connectivity index (χ0v) is 22.3. The maximum Gasteiger partial charge on any atom is 0.410 e. The molecule has 5 heterocycles. The maximum atomic E-state index is 13.5. The van der Waals surface area contributed by atoms with Gasteiger partial charge in [0.25, 0.3) is 5.56 Å². The molecule has 4 aromatic rings. The Balaban J connectivity index is 1.31. The Kier molecular flexibility index (Phi) is 5.48. The van der Waals surface area contributed by atoms with Crippen molar-refractivity contribution in [1.29, 1.82) is 0 Å². The number of ether oxygens (including phenoxy) is 1. The SMILES string of the molecule is Cc1c(O)c(-c2ncc3c(=O)n(C4C[C@H]5CC[C@@H](C4)N5C(=O)OC(C)(C)C)ccc3n2)cc2cn(C)nc12. The number of phenolic OH excluding ortho intramolecular Hbond substituents is 1. The molecule has 3 atom stereocenters. The molecule has 0 saturated carbocycles. The summed E-state index contributed by atoms with van der Waals surface area (Å²) in [6.45, 7) is 7.44. The minimum absolute atomic E-state index is 0.0116. The molecule has 6 rings (SSSR count). The second kappa shape index (κ2) is 8.54. The van der Waals surface area contributed by atoms with Crippen LogP contribution in [-0.2, 0) is 11.8 Å². The predicted octanol–water partition coefficient (Wildman–Crippen LogP) is 4.46. The number of carbonyl (C=O) groups excluding carboxylic acids is 1. The van der Waals surface area contributed by atoms with E-state index in [2.05, 4.69) is 15.1 Å². The minimum atomic E-state index is -0.541. The Morgan fingerprint density at radius 1 is 1.16 bits per heavy atom. The molecular formula is C28H32N6O4. The zero-order chi connectivity index (χ0) is 26.9. The highest BCUT2D eigenvalue weighted by Crippen LogP contribution is 2.41. The number of hydrogen-bond donors (Lipinski definition) is 1. The van der Waals surface area contributed by atoms with Crippen molar-refractivity contribution < 1.29 is 14.6 Å². The van der Waals surface area contributed by atoms with Crippen LogP contribution in [0.1, 0.15) is 58.1 Å². The van der Waals surface area contributed by atoms with Crippen LogP contribution in [0.3, 0.4) is 0 Å². The van der Waals surface area contributed by atoms with E-state index >= 15 is 0 Å². The quantitative estimate of drug-likeness (QED) is 0.418. The topological polar surface area (TPSA) is 115 Å². The molecule has 2 bridgehead atoms. The van der Waals surface area contributed by atoms with Crippen LogP contribution in [0.2, 0.25) is 0 Å². The molecule has 2 fully saturated rings. The first-order valence-corrected chi connectivity index (χ1v) is 13.1. The monoisotopic (exact) mass is 516 g/mol. The van der Waals surface area contributed by atoms with E-state index in [9.17, 15) is 14.7 Å². The molecule has 10 heteroatoms. The standard InChI is InChI=1S/C28H32N6O4/c1-15-23-16(14-32(5)31-23)10-20(24(15)35)25-29-13-21-22(30-25)8-9-33(26(21)36)19-11-17-6-7-18(12-19)34(17)27(37)38-28(2,3)4/h8-10,13-14,17-19,35H,6-7,11-12H2,1-5H3/t17-,18+,19?. The van der Waals surface area contributed by atoms with Crippen LogP contribution < -0.4 is 5.56 Å². The van der Waals surface area contributed by atoms with E-state index in [1.165, 1.54) is 0 Å². The molecule has 2 saturated heterocycles. The highest BCUT2D eigenvalue weighted by Gasteiger charge is 2.45. The lowest BCUT2D eigenvalue weighted by molar-refractivity contribution is 0.00280. The van der Waals surface area contributed by atoms with Crippen molar-refractivity contribution in [2.45, 2.75) is 77.1 Å². The highest BCUT2D eigenvalue weighted by molar-refractivity contribution is 5.90. The van der Waals surface area contributed by atoms with Gasteiger partial charge in [-0.25, -0.2) is 14.8 Å². The van der Waals surface area contributed by atoms with Crippen LogP contribution in [-0.4, -0.2) is 58.1 Å². The third-order valence-electron chi connectivity index (χ3n) is 7.75. The average molecular weight is 517 g/mol. The fourth-order valence-corrected chi connectivity index (χ4v) is 6.06. The van der Waals surface area contributed by atoms with E-state index in [-0.39, 0.29) is 35.5 Å². The van der Waals surface area contributed by atoms with Crippen LogP contribution in [0.5, 0.6) is 5.75 Å². The van der Waals surface area contributed by atoms with Gasteiger partial charge in [0.15, 0.2) is 5.82 Å². The maximum absolute atomic E-state index is 13.5. The first kappa shape index (κ1) is 24.4. The molecule has 198 valence electrons. The van der Waals surface area contributed by atoms with Gasteiger partial charge in [0.1, 0.15) is 11.4 Å². The third-order valence-corrected chi connectivity index (χ3v) is 7.75. The van der Waals surface area contributed by atoms with Gasteiger partial charge in [-0.3, -0.25) is 9.48 Å². The van der Waals surface area contributed by atoms with Gasteiger partial charge in [0, 0.05) is 54.7 Å². The number of aromatic nitrogens is 5. The van der Waals surface area contributed by atoms with Crippen molar-refractivity contribution in [1.82, 2.24) is 29.2 Å². The molecule has 0 radical (unpaired) electrons. The highest BCUT2D eigenvalue weighted by atomic mass is 16.6. The summed E-state index contributed by atoms with van der Waals surface area (Å²) < 4.78 is 9.12. The van der Waals surface area contributed by atoms with Crippen molar-refractivity contribution in [3.8, 4) is 17.1 Å². The van der Waals surface area contributed by atoms with E-state index in [4.69, 9.17) is 4.74 Å². The predicted molar refractivity (Wildman–Crippen MR) is 143 cm³/mol. The number of hydrogen-bond acceptors (Lipinski definition) is 7. The van der Waals surface area contributed by atoms with Gasteiger partial charge >= 0.3 is 6.09 Å². The van der Waals surface area contributed by atoms with Gasteiger partial charge in [-0.05, 0) is 65.5 Å². The van der Waals surface area contributed by atoms with Gasteiger partial charge in [-0.15, -0.1) is 0 Å². The number of aromatic hydroxyl groups is 1. The van der Waals surface area contributed by atoms with Crippen molar-refractivity contribution in [2.75, 3.05) is 0 Å². The lowest BCUT2D eigenvalue weighted by Gasteiger charge is -2.40. The number of benzene rings is 1. The van der Waals surface area contributed by atoms with Gasteiger partial charge in [-0.1, -0.05) is 0 Å². The first-order chi connectivity index (χ1) is 18.0. The lowest BCUT2D eigenvalue weighted by atomic mass is 9.97. The van der Waals surface area contributed by atoms with Crippen LogP contribution in [0.25, 0.3) is 33.2 Å². The van der Waals surface area contributed by atoms with E-state index in [0.29, 0.717) is 40.7 Å². The second-order valence-corrected chi connectivity index (χ2v) is 11.6. The second-order valence-electron chi connectivity index (χ2n) is 11.6. The molecule has 38 heavy (non-hydrogen) atoms. The largest absolute Gasteiger partial charge is 0.507 e. The van der Waals surface area contributed by atoms with E-state index in [0.717, 1.165) is 23.7 Å². The number of aryl methyl sites for hydroxylation is 2. The summed E-state index contributed by atoms with van der Waals surface area (Å²) in [5.74, 6) is 0.431. The Labute approximate surface area is 219 Å². The summed E-state index contributed by atoms with van der Waals surface area (Å²) in [5.41, 5.74) is 1.72. The first-order valence-electron chi connectivity index (χ1n) is 13.1. The number of phenols is 1. The van der Waals surface area contributed by atoms with Crippen LogP contribution in [0, 0.1) is 6.92 Å². The van der Waals surface area contributed by atoms with E-state index < -0.39 is 5.60 Å². The Bertz CT molecular complexity index is 1640. The molecule has 1 aromatic carbocycles. The van der Waals surface area contributed by atoms with E-state index in [1.807, 2.05) is 58.0 Å². The summed E-state index contributed by atoms with van der Waals surface area (Å²) in [6, 6.07) is 3.76. The molecule has 0 aliphatic carbocycles. The lowest BCUT2D eigenvalue weighted by Crippen LogP contribution is -2.49. The Morgan fingerprint density at radius 2 is 1.87 bits per heavy atom. The molecule has 10 nitrogen and oxygen atoms in total. The molecule has 2 aliphatic heterocycles. The van der Waals surface area contributed by atoms with Gasteiger partial charge in [0.05, 0.1) is 22.0 Å². The fraction of sp³-hybridized carbons (Fsp3) is 0.464. The van der Waals surface area contributed by atoms with Crippen LogP contribution >= 0.6 is 0 Å². The summed E-state index contributed by atoms with van der Waals surface area (Å²) in [5, 5.41) is 16.6. The van der Waals surface area contributed by atoms with Crippen molar-refractivity contribution in [3.63, 3.8) is 0 Å². The van der Waals surface area contributed by atoms with Crippen LogP contribution in [0.15, 0.2) is 35.5 Å². The molecule has 0 spiro atoms. The molecule has 1 unspecified atom stereocenters. The van der Waals surface area contributed by atoms with Gasteiger partial charge in [0.2, 0.25) is 0 Å². The van der Waals surface area contributed by atoms with Gasteiger partial charge in [-0.2, -0.15) is 5.10 Å². The summed E-state index contributed by atoms with van der Waals surface area (Å²) in [7, 11) is 1.83. The smallest absolute Gasteiger partial charge is 0.410 e. The van der Waals surface area contributed by atoms with Crippen molar-refractivity contribution >= 4 is 27.9 Å². The number of pyridine rings is 1. The number of rotatable bonds is 2. The fourth-order valence-electron chi connectivity index (χ4n) is 6.06. The normalized spacial score (nSPS) is 21.4. The van der Waals surface area contributed by atoms with Crippen molar-refractivity contribution in [2.24, 2.45) is 7.05 Å². The number of amides is 1. The molecule has 3 aromatic heterocycles. The van der Waals surface area contributed by atoms with Gasteiger partial charge < -0.3 is 19.3 Å². The summed E-state index contributed by atoms with van der Waals surface area (Å²) in [6.07, 6.45) is 8.20. The Hall–Kier alpha value is -3.95. The summed E-state index contributed by atoms with van der Waals surface area (Å²) >= 11 is 0. The molecule has 2 aliphatic rings. The molecule has 1 N–H and O–H groups in total. The summed E-state index contributed by atoms with van der Waals surface area (Å²) in [4.78, 5) is 37.3. The minimum Gasteiger partial charge on any atom is -0.507 e.